The van der Waals surface area contributed by atoms with Crippen LogP contribution in [0.2, 0.25) is 0 Å². The van der Waals surface area contributed by atoms with Crippen LogP contribution in [-0.4, -0.2) is 135 Å². The van der Waals surface area contributed by atoms with Crippen molar-refractivity contribution in [2.75, 3.05) is 23.9 Å². The van der Waals surface area contributed by atoms with Gasteiger partial charge >= 0.3 is 10.1 Å². The van der Waals surface area contributed by atoms with Crippen molar-refractivity contribution in [3.63, 3.8) is 0 Å². The van der Waals surface area contributed by atoms with Crippen molar-refractivity contribution >= 4 is 21.7 Å². The summed E-state index contributed by atoms with van der Waals surface area (Å²) >= 11 is 0. The van der Waals surface area contributed by atoms with Gasteiger partial charge in [-0.3, -0.25) is 4.79 Å². The Morgan fingerprint density at radius 2 is 1.36 bits per heavy atom. The van der Waals surface area contributed by atoms with Crippen molar-refractivity contribution in [1.82, 2.24) is 0 Å². The van der Waals surface area contributed by atoms with Gasteiger partial charge < -0.3 is 64.1 Å². The minimum Gasteiger partial charge on any atom is -0.394 e. The summed E-state index contributed by atoms with van der Waals surface area (Å²) in [6.45, 7) is -1.66. The van der Waals surface area contributed by atoms with Gasteiger partial charge in [0.25, 0.3) is 0 Å². The van der Waals surface area contributed by atoms with Gasteiger partial charge in [0.05, 0.1) is 31.3 Å². The fourth-order valence-corrected chi connectivity index (χ4v) is 9.25. The number of hydrogen-bond donors (Lipinski definition) is 8. The van der Waals surface area contributed by atoms with Gasteiger partial charge in [-0.25, -0.2) is 4.39 Å². The standard InChI is InChI=1S/C43H48FNO15S/c44-26-14-11-24(12-15-26)30(48)18-17-29-35(45(42(29)54)27-9-5-2-6-10-27)28-16-13-25(23-7-3-1-4-8-23)19-31(28)60-61(55,56)22-34-37(50)39(52)41(33(21-47)57-34)59-43-40(53)38(51)36(49)32(20-46)58-43/h1-16,19,29-30,32-41,43,46-53H,17-18,20-22H2. The molecule has 0 spiro atoms. The minimum atomic E-state index is -4.76. The number of carbonyl (C=O) groups excluding carboxylic acids is 1. The topological polar surface area (TPSA) is 253 Å². The summed E-state index contributed by atoms with van der Waals surface area (Å²) < 4.78 is 64.3. The summed E-state index contributed by atoms with van der Waals surface area (Å²) in [5, 5.41) is 83.9. The van der Waals surface area contributed by atoms with E-state index in [0.717, 1.165) is 0 Å². The summed E-state index contributed by atoms with van der Waals surface area (Å²) in [6.07, 6.45) is -18.2. The zero-order valence-corrected chi connectivity index (χ0v) is 33.3. The van der Waals surface area contributed by atoms with Crippen LogP contribution in [0.15, 0.2) is 103 Å². The molecule has 18 heteroatoms. The third-order valence-corrected chi connectivity index (χ3v) is 12.6. The first-order valence-electron chi connectivity index (χ1n) is 19.7. The van der Waals surface area contributed by atoms with E-state index >= 15 is 0 Å². The van der Waals surface area contributed by atoms with E-state index < -0.39 is 114 Å². The lowest BCUT2D eigenvalue weighted by Gasteiger charge is -2.48. The molecular formula is C43H48FNO15S. The number of β-lactam (4-membered cyclic amide) rings is 1. The molecule has 13 atom stereocenters. The molecule has 0 bridgehead atoms. The third kappa shape index (κ3) is 9.51. The molecule has 3 aliphatic rings. The molecule has 61 heavy (non-hydrogen) atoms. The first kappa shape index (κ1) is 44.6. The van der Waals surface area contributed by atoms with Gasteiger partial charge in [-0.2, -0.15) is 8.42 Å². The molecule has 3 heterocycles. The molecule has 13 unspecified atom stereocenters. The number of hydrogen-bond acceptors (Lipinski definition) is 15. The van der Waals surface area contributed by atoms with Gasteiger partial charge in [-0.05, 0) is 59.9 Å². The summed E-state index contributed by atoms with van der Waals surface area (Å²) in [4.78, 5) is 15.4. The summed E-state index contributed by atoms with van der Waals surface area (Å²) in [7, 11) is -4.76. The van der Waals surface area contributed by atoms with Crippen LogP contribution < -0.4 is 9.08 Å². The number of rotatable bonds is 15. The number of ether oxygens (including phenoxy) is 3. The number of carbonyl (C=O) groups is 1. The minimum absolute atomic E-state index is 0.115. The van der Waals surface area contributed by atoms with Gasteiger partial charge in [0, 0.05) is 11.3 Å². The monoisotopic (exact) mass is 869 g/mol. The second-order valence-electron chi connectivity index (χ2n) is 15.3. The van der Waals surface area contributed by atoms with Gasteiger partial charge in [0.15, 0.2) is 6.29 Å². The zero-order valence-electron chi connectivity index (χ0n) is 32.5. The molecule has 0 saturated carbocycles. The Kier molecular flexibility index (Phi) is 13.8. The number of anilines is 1. The molecular weight excluding hydrogens is 822 g/mol. The molecule has 328 valence electrons. The molecule has 16 nitrogen and oxygen atoms in total. The smallest absolute Gasteiger partial charge is 0.311 e. The van der Waals surface area contributed by atoms with Crippen LogP contribution in [0.25, 0.3) is 11.1 Å². The molecule has 0 aliphatic carbocycles. The Bertz CT molecular complexity index is 2200. The van der Waals surface area contributed by atoms with Crippen molar-refractivity contribution < 1.29 is 76.8 Å². The largest absolute Gasteiger partial charge is 0.394 e. The predicted octanol–water partition coefficient (Wildman–Crippen LogP) is 1.09. The number of amides is 1. The molecule has 0 aromatic heterocycles. The Balaban J connectivity index is 1.16. The molecule has 4 aromatic rings. The number of para-hydroxylation sites is 1. The normalized spacial score (nSPS) is 31.0. The van der Waals surface area contributed by atoms with E-state index in [2.05, 4.69) is 0 Å². The first-order valence-corrected chi connectivity index (χ1v) is 21.3. The van der Waals surface area contributed by atoms with Crippen LogP contribution in [0.5, 0.6) is 5.75 Å². The lowest BCUT2D eigenvalue weighted by molar-refractivity contribution is -0.341. The van der Waals surface area contributed by atoms with E-state index in [1.165, 1.54) is 35.2 Å². The second-order valence-corrected chi connectivity index (χ2v) is 17.0. The highest BCUT2D eigenvalue weighted by Gasteiger charge is 2.52. The number of aliphatic hydroxyl groups is 8. The van der Waals surface area contributed by atoms with Gasteiger partial charge in [0.1, 0.15) is 72.3 Å². The summed E-state index contributed by atoms with van der Waals surface area (Å²) in [5.74, 6) is -2.72. The number of halogens is 1. The van der Waals surface area contributed by atoms with Crippen LogP contribution in [0.4, 0.5) is 10.1 Å². The maximum absolute atomic E-state index is 14.1. The lowest BCUT2D eigenvalue weighted by atomic mass is 9.77. The van der Waals surface area contributed by atoms with E-state index in [9.17, 15) is 58.5 Å². The van der Waals surface area contributed by atoms with Crippen molar-refractivity contribution in [1.29, 1.82) is 0 Å². The van der Waals surface area contributed by atoms with Gasteiger partial charge in [-0.15, -0.1) is 0 Å². The maximum atomic E-state index is 14.1. The van der Waals surface area contributed by atoms with Crippen LogP contribution in [-0.2, 0) is 29.1 Å². The van der Waals surface area contributed by atoms with Crippen molar-refractivity contribution in [3.8, 4) is 16.9 Å². The van der Waals surface area contributed by atoms with E-state index in [0.29, 0.717) is 27.9 Å². The number of benzene rings is 4. The van der Waals surface area contributed by atoms with Gasteiger partial charge in [0.2, 0.25) is 5.91 Å². The summed E-state index contributed by atoms with van der Waals surface area (Å²) in [6, 6.07) is 27.2. The van der Waals surface area contributed by atoms with E-state index in [-0.39, 0.29) is 24.5 Å². The van der Waals surface area contributed by atoms with Crippen molar-refractivity contribution in [2.24, 2.45) is 5.92 Å². The van der Waals surface area contributed by atoms with Gasteiger partial charge in [-0.1, -0.05) is 72.8 Å². The molecule has 3 aliphatic heterocycles. The molecule has 8 N–H and O–H groups in total. The molecule has 4 aromatic carbocycles. The Hall–Kier alpha value is -4.41. The third-order valence-electron chi connectivity index (χ3n) is 11.4. The molecule has 0 radical (unpaired) electrons. The Morgan fingerprint density at radius 1 is 0.721 bits per heavy atom. The number of nitrogens with zero attached hydrogens (tertiary/aromatic N) is 1. The first-order chi connectivity index (χ1) is 29.2. The van der Waals surface area contributed by atoms with Crippen LogP contribution >= 0.6 is 0 Å². The van der Waals surface area contributed by atoms with Crippen molar-refractivity contribution in [2.45, 2.75) is 86.2 Å². The fourth-order valence-electron chi connectivity index (χ4n) is 8.09. The van der Waals surface area contributed by atoms with Crippen LogP contribution in [0.1, 0.15) is 36.1 Å². The molecule has 7 rings (SSSR count). The summed E-state index contributed by atoms with van der Waals surface area (Å²) in [5.41, 5.74) is 2.56. The number of aliphatic hydroxyl groups excluding tert-OH is 8. The Labute approximate surface area is 350 Å². The van der Waals surface area contributed by atoms with Crippen LogP contribution in [0.3, 0.4) is 0 Å². The fraction of sp³-hybridized carbons (Fsp3) is 0.419. The highest BCUT2D eigenvalue weighted by molar-refractivity contribution is 7.87. The SMILES string of the molecule is O=C1C(CCC(O)c2ccc(F)cc2)C(c2ccc(-c3ccccc3)cc2OS(=O)(=O)CC2OC(CO)C(OC3OC(CO)C(O)C(O)C3O)C(O)C2O)N1c1ccccc1. The average molecular weight is 870 g/mol. The maximum Gasteiger partial charge on any atom is 0.311 e. The van der Waals surface area contributed by atoms with E-state index in [1.54, 1.807) is 66.7 Å². The Morgan fingerprint density at radius 3 is 2.02 bits per heavy atom. The zero-order chi connectivity index (χ0) is 43.6. The second kappa shape index (κ2) is 18.9. The molecule has 3 fully saturated rings. The quantitative estimate of drug-likeness (QED) is 0.0615. The molecule has 1 amide bonds. The van der Waals surface area contributed by atoms with Crippen molar-refractivity contribution in [3.05, 3.63) is 120 Å². The van der Waals surface area contributed by atoms with E-state index in [1.807, 2.05) is 6.07 Å². The highest BCUT2D eigenvalue weighted by Crippen LogP contribution is 2.49. The van der Waals surface area contributed by atoms with E-state index in [4.69, 9.17) is 18.4 Å². The average Bonchev–Trinajstić information content (AvgIpc) is 3.26. The van der Waals surface area contributed by atoms with Crippen LogP contribution in [0, 0.1) is 11.7 Å². The predicted molar refractivity (Wildman–Crippen MR) is 213 cm³/mol. The lowest BCUT2D eigenvalue weighted by Crippen LogP contribution is -2.65. The molecule has 3 saturated heterocycles. The highest BCUT2D eigenvalue weighted by atomic mass is 32.2.